The van der Waals surface area contributed by atoms with Crippen molar-refractivity contribution in [2.24, 2.45) is 0 Å². The predicted octanol–water partition coefficient (Wildman–Crippen LogP) is 3.72. The molecule has 132 valence electrons. The van der Waals surface area contributed by atoms with E-state index in [0.717, 1.165) is 19.4 Å². The number of aromatic nitrogens is 1. The fourth-order valence-corrected chi connectivity index (χ4v) is 4.01. The molecular formula is C18H33N3OS. The predicted molar refractivity (Wildman–Crippen MR) is 99.6 cm³/mol. The molecule has 23 heavy (non-hydrogen) atoms. The van der Waals surface area contributed by atoms with Crippen LogP contribution in [0, 0.1) is 0 Å². The van der Waals surface area contributed by atoms with E-state index in [1.807, 2.05) is 17.5 Å². The molecule has 2 unspecified atom stereocenters. The fraction of sp³-hybridized carbons (Fsp3) is 0.833. The number of piperidine rings is 2. The molecule has 0 spiro atoms. The lowest BCUT2D eigenvalue weighted by molar-refractivity contribution is 0.0624. The van der Waals surface area contributed by atoms with E-state index in [0.29, 0.717) is 12.0 Å². The van der Waals surface area contributed by atoms with Crippen LogP contribution in [0.25, 0.3) is 0 Å². The Morgan fingerprint density at radius 1 is 1.22 bits per heavy atom. The summed E-state index contributed by atoms with van der Waals surface area (Å²) in [5, 5.41) is 10.4. The van der Waals surface area contributed by atoms with Crippen LogP contribution in [0.3, 0.4) is 0 Å². The van der Waals surface area contributed by atoms with Crippen molar-refractivity contribution in [3.63, 3.8) is 0 Å². The standard InChI is InChI=1S/C11H18N2S.C7H15NO/c1-9(2)10-8-12-11(14-10)13-6-4-3-5-7-13;1-6-5-7(9)3-4-8(6)2/h8-9H,3-7H2,1-2H3;6-7,9H,3-5H2,1-2H3. The molecular weight excluding hydrogens is 306 g/mol. The van der Waals surface area contributed by atoms with E-state index >= 15 is 0 Å². The van der Waals surface area contributed by atoms with Gasteiger partial charge in [0.15, 0.2) is 5.13 Å². The Balaban J connectivity index is 0.000000185. The maximum Gasteiger partial charge on any atom is 0.185 e. The van der Waals surface area contributed by atoms with Gasteiger partial charge in [0, 0.05) is 36.8 Å². The summed E-state index contributed by atoms with van der Waals surface area (Å²) in [6.45, 7) is 10.1. The lowest BCUT2D eigenvalue weighted by Crippen LogP contribution is -2.39. The molecule has 1 aromatic rings. The number of thiazole rings is 1. The van der Waals surface area contributed by atoms with Crippen molar-refractivity contribution in [1.29, 1.82) is 0 Å². The molecule has 0 radical (unpaired) electrons. The maximum absolute atomic E-state index is 9.17. The second-order valence-corrected chi connectivity index (χ2v) is 8.30. The molecule has 4 nitrogen and oxygen atoms in total. The van der Waals surface area contributed by atoms with Gasteiger partial charge in [-0.25, -0.2) is 4.98 Å². The molecule has 0 aliphatic carbocycles. The molecule has 3 rings (SSSR count). The van der Waals surface area contributed by atoms with E-state index in [2.05, 4.69) is 42.6 Å². The van der Waals surface area contributed by atoms with E-state index in [1.165, 1.54) is 42.4 Å². The first kappa shape index (κ1) is 18.7. The minimum Gasteiger partial charge on any atom is -0.393 e. The SMILES string of the molecule is CC(C)c1cnc(N2CCCCC2)s1.CC1CC(O)CCN1C. The van der Waals surface area contributed by atoms with Gasteiger partial charge >= 0.3 is 0 Å². The van der Waals surface area contributed by atoms with E-state index in [1.54, 1.807) is 0 Å². The van der Waals surface area contributed by atoms with Crippen molar-refractivity contribution < 1.29 is 5.11 Å². The van der Waals surface area contributed by atoms with Gasteiger partial charge in [0.05, 0.1) is 6.10 Å². The van der Waals surface area contributed by atoms with Crippen molar-refractivity contribution in [3.8, 4) is 0 Å². The molecule has 1 aromatic heterocycles. The number of likely N-dealkylation sites (tertiary alicyclic amines) is 1. The van der Waals surface area contributed by atoms with Crippen molar-refractivity contribution >= 4 is 16.5 Å². The highest BCUT2D eigenvalue weighted by molar-refractivity contribution is 7.15. The highest BCUT2D eigenvalue weighted by Gasteiger charge is 2.20. The number of hydrogen-bond donors (Lipinski definition) is 1. The van der Waals surface area contributed by atoms with Gasteiger partial charge in [0.1, 0.15) is 0 Å². The number of hydrogen-bond acceptors (Lipinski definition) is 5. The largest absolute Gasteiger partial charge is 0.393 e. The number of anilines is 1. The number of aliphatic hydroxyl groups excluding tert-OH is 1. The summed E-state index contributed by atoms with van der Waals surface area (Å²) in [5.41, 5.74) is 0. The summed E-state index contributed by atoms with van der Waals surface area (Å²) in [5.74, 6) is 0.617. The first-order valence-corrected chi connectivity index (χ1v) is 9.88. The summed E-state index contributed by atoms with van der Waals surface area (Å²) in [7, 11) is 2.11. The molecule has 2 aliphatic rings. The van der Waals surface area contributed by atoms with E-state index in [4.69, 9.17) is 0 Å². The lowest BCUT2D eigenvalue weighted by atomic mass is 10.0. The van der Waals surface area contributed by atoms with Crippen LogP contribution in [0.5, 0.6) is 0 Å². The molecule has 0 amide bonds. The Morgan fingerprint density at radius 2 is 1.91 bits per heavy atom. The van der Waals surface area contributed by atoms with Crippen molar-refractivity contribution in [2.75, 3.05) is 31.6 Å². The quantitative estimate of drug-likeness (QED) is 0.891. The number of aliphatic hydroxyl groups is 1. The van der Waals surface area contributed by atoms with Gasteiger partial charge in [-0.05, 0) is 52.0 Å². The number of rotatable bonds is 2. The fourth-order valence-electron chi connectivity index (χ4n) is 3.04. The summed E-state index contributed by atoms with van der Waals surface area (Å²) in [4.78, 5) is 10.6. The van der Waals surface area contributed by atoms with E-state index in [9.17, 15) is 5.11 Å². The molecule has 1 N–H and O–H groups in total. The van der Waals surface area contributed by atoms with Crippen LogP contribution < -0.4 is 4.90 Å². The Morgan fingerprint density at radius 3 is 2.43 bits per heavy atom. The van der Waals surface area contributed by atoms with Crippen LogP contribution in [0.2, 0.25) is 0 Å². The lowest BCUT2D eigenvalue weighted by Gasteiger charge is -2.32. The van der Waals surface area contributed by atoms with Gasteiger partial charge in [-0.1, -0.05) is 13.8 Å². The Hall–Kier alpha value is -0.650. The van der Waals surface area contributed by atoms with Gasteiger partial charge in [-0.3, -0.25) is 0 Å². The third-order valence-electron chi connectivity index (χ3n) is 4.89. The summed E-state index contributed by atoms with van der Waals surface area (Å²) >= 11 is 1.86. The Bertz CT molecular complexity index is 457. The zero-order valence-corrected chi connectivity index (χ0v) is 16.0. The molecule has 5 heteroatoms. The normalized spacial score (nSPS) is 26.1. The summed E-state index contributed by atoms with van der Waals surface area (Å²) < 4.78 is 0. The smallest absolute Gasteiger partial charge is 0.185 e. The monoisotopic (exact) mass is 339 g/mol. The molecule has 2 aliphatic heterocycles. The van der Waals surface area contributed by atoms with Crippen LogP contribution in [0.1, 0.15) is 63.7 Å². The maximum atomic E-state index is 9.17. The van der Waals surface area contributed by atoms with Gasteiger partial charge < -0.3 is 14.9 Å². The highest BCUT2D eigenvalue weighted by Crippen LogP contribution is 2.29. The van der Waals surface area contributed by atoms with Gasteiger partial charge in [0.2, 0.25) is 0 Å². The van der Waals surface area contributed by atoms with Crippen molar-refractivity contribution in [2.45, 2.75) is 70.9 Å². The molecule has 0 bridgehead atoms. The van der Waals surface area contributed by atoms with Crippen LogP contribution >= 0.6 is 11.3 Å². The highest BCUT2D eigenvalue weighted by atomic mass is 32.1. The van der Waals surface area contributed by atoms with Crippen LogP contribution in [-0.2, 0) is 0 Å². The zero-order valence-electron chi connectivity index (χ0n) is 15.2. The van der Waals surface area contributed by atoms with Crippen molar-refractivity contribution in [1.82, 2.24) is 9.88 Å². The minimum absolute atomic E-state index is 0.0452. The Kier molecular flexibility index (Phi) is 7.31. The molecule has 0 saturated carbocycles. The topological polar surface area (TPSA) is 39.6 Å². The first-order valence-electron chi connectivity index (χ1n) is 9.06. The molecule has 0 aromatic carbocycles. The minimum atomic E-state index is -0.0452. The third kappa shape index (κ3) is 5.73. The summed E-state index contributed by atoms with van der Waals surface area (Å²) in [6.07, 6.45) is 7.93. The van der Waals surface area contributed by atoms with Crippen molar-refractivity contribution in [3.05, 3.63) is 11.1 Å². The second-order valence-electron chi connectivity index (χ2n) is 7.26. The average Bonchev–Trinajstić information content (AvgIpc) is 3.03. The summed E-state index contributed by atoms with van der Waals surface area (Å²) in [6, 6.07) is 0.564. The van der Waals surface area contributed by atoms with E-state index < -0.39 is 0 Å². The molecule has 2 atom stereocenters. The van der Waals surface area contributed by atoms with E-state index in [-0.39, 0.29) is 6.10 Å². The molecule has 2 fully saturated rings. The average molecular weight is 340 g/mol. The second kappa shape index (κ2) is 9.00. The van der Waals surface area contributed by atoms with Crippen LogP contribution in [0.4, 0.5) is 5.13 Å². The van der Waals surface area contributed by atoms with Gasteiger partial charge in [0.25, 0.3) is 0 Å². The van der Waals surface area contributed by atoms with Crippen LogP contribution in [0.15, 0.2) is 6.20 Å². The third-order valence-corrected chi connectivity index (χ3v) is 6.25. The first-order chi connectivity index (χ1) is 11.0. The van der Waals surface area contributed by atoms with Gasteiger partial charge in [-0.15, -0.1) is 11.3 Å². The number of nitrogens with zero attached hydrogens (tertiary/aromatic N) is 3. The zero-order chi connectivity index (χ0) is 16.8. The van der Waals surface area contributed by atoms with Gasteiger partial charge in [-0.2, -0.15) is 0 Å². The van der Waals surface area contributed by atoms with Crippen LogP contribution in [-0.4, -0.2) is 53.8 Å². The Labute approximate surface area is 145 Å². The molecule has 3 heterocycles. The molecule has 2 saturated heterocycles.